The van der Waals surface area contributed by atoms with Crippen LogP contribution in [0, 0.1) is 16.7 Å². The summed E-state index contributed by atoms with van der Waals surface area (Å²) < 4.78 is 14.4. The minimum absolute atomic E-state index is 0.00799. The van der Waals surface area contributed by atoms with Gasteiger partial charge in [-0.15, -0.1) is 0 Å². The molecule has 0 aromatic rings. The van der Waals surface area contributed by atoms with Crippen LogP contribution in [-0.4, -0.2) is 37.7 Å². The van der Waals surface area contributed by atoms with E-state index in [9.17, 15) is 14.4 Å². The molecule has 0 spiro atoms. The first kappa shape index (κ1) is 17.9. The van der Waals surface area contributed by atoms with Gasteiger partial charge in [-0.1, -0.05) is 0 Å². The van der Waals surface area contributed by atoms with E-state index < -0.39 is 23.3 Å². The molecule has 0 aliphatic carbocycles. The predicted molar refractivity (Wildman–Crippen MR) is 67.2 cm³/mol. The van der Waals surface area contributed by atoms with E-state index in [2.05, 4.69) is 0 Å². The summed E-state index contributed by atoms with van der Waals surface area (Å²) >= 11 is 0. The van der Waals surface area contributed by atoms with E-state index in [1.807, 2.05) is 0 Å². The van der Waals surface area contributed by atoms with E-state index in [1.165, 1.54) is 0 Å². The highest BCUT2D eigenvalue weighted by molar-refractivity contribution is 6.17. The summed E-state index contributed by atoms with van der Waals surface area (Å²) in [6.45, 7) is 4.61. The first-order chi connectivity index (χ1) is 9.50. The summed E-state index contributed by atoms with van der Waals surface area (Å²) in [6, 6.07) is 1.79. The van der Waals surface area contributed by atoms with Gasteiger partial charge in [-0.05, 0) is 27.2 Å². The number of carbonyl (C=O) groups excluding carboxylic acids is 3. The Morgan fingerprint density at radius 2 is 1.25 bits per heavy atom. The Kier molecular flexibility index (Phi) is 7.97. The maximum absolute atomic E-state index is 12.1. The molecule has 0 saturated heterocycles. The first-order valence-electron chi connectivity index (χ1n) is 6.39. The van der Waals surface area contributed by atoms with Crippen LogP contribution in [-0.2, 0) is 28.6 Å². The molecule has 0 N–H and O–H groups in total. The monoisotopic (exact) mass is 285 g/mol. The number of ether oxygens (including phenoxy) is 3. The zero-order valence-electron chi connectivity index (χ0n) is 11.9. The Balaban J connectivity index is 5.62. The van der Waals surface area contributed by atoms with Gasteiger partial charge >= 0.3 is 17.9 Å². The van der Waals surface area contributed by atoms with Gasteiger partial charge in [0, 0.05) is 6.42 Å². The smallest absolute Gasteiger partial charge is 0.335 e. The van der Waals surface area contributed by atoms with Crippen molar-refractivity contribution in [3.8, 4) is 6.07 Å². The number of nitriles is 1. The van der Waals surface area contributed by atoms with E-state index in [1.54, 1.807) is 26.8 Å². The van der Waals surface area contributed by atoms with Gasteiger partial charge in [-0.3, -0.25) is 14.4 Å². The van der Waals surface area contributed by atoms with Crippen molar-refractivity contribution in [1.82, 2.24) is 0 Å². The van der Waals surface area contributed by atoms with Gasteiger partial charge in [0.2, 0.25) is 0 Å². The highest BCUT2D eigenvalue weighted by Crippen LogP contribution is 2.30. The Hall–Kier alpha value is -2.10. The molecule has 0 amide bonds. The third-order valence-electron chi connectivity index (χ3n) is 2.48. The second kappa shape index (κ2) is 8.91. The lowest BCUT2D eigenvalue weighted by molar-refractivity contribution is -0.184. The summed E-state index contributed by atoms with van der Waals surface area (Å²) in [5, 5.41) is 8.66. The molecule has 20 heavy (non-hydrogen) atoms. The Morgan fingerprint density at radius 1 is 0.900 bits per heavy atom. The number of esters is 3. The van der Waals surface area contributed by atoms with Gasteiger partial charge in [0.05, 0.1) is 25.9 Å². The third-order valence-corrected chi connectivity index (χ3v) is 2.48. The maximum atomic E-state index is 12.1. The normalized spacial score (nSPS) is 10.3. The molecular weight excluding hydrogens is 266 g/mol. The van der Waals surface area contributed by atoms with Crippen molar-refractivity contribution in [3.63, 3.8) is 0 Å². The molecule has 0 rings (SSSR count). The summed E-state index contributed by atoms with van der Waals surface area (Å²) in [6.07, 6.45) is -0.517. The Bertz CT molecular complexity index is 353. The highest BCUT2D eigenvalue weighted by Gasteiger charge is 2.56. The molecule has 0 saturated carbocycles. The number of nitrogens with zero attached hydrogens (tertiary/aromatic N) is 1. The molecule has 0 aliphatic rings. The largest absolute Gasteiger partial charge is 0.465 e. The van der Waals surface area contributed by atoms with Crippen molar-refractivity contribution in [1.29, 1.82) is 5.26 Å². The van der Waals surface area contributed by atoms with Crippen LogP contribution in [0.3, 0.4) is 0 Å². The molecule has 112 valence electrons. The fourth-order valence-electron chi connectivity index (χ4n) is 1.56. The average Bonchev–Trinajstić information content (AvgIpc) is 2.40. The van der Waals surface area contributed by atoms with Crippen LogP contribution < -0.4 is 0 Å². The third kappa shape index (κ3) is 3.95. The second-order valence-corrected chi connectivity index (χ2v) is 3.72. The molecule has 0 aliphatic heterocycles. The van der Waals surface area contributed by atoms with Gasteiger partial charge < -0.3 is 14.2 Å². The molecule has 0 bridgehead atoms. The number of hydrogen-bond donors (Lipinski definition) is 0. The fraction of sp³-hybridized carbons (Fsp3) is 0.692. The van der Waals surface area contributed by atoms with Gasteiger partial charge in [-0.25, -0.2) is 0 Å². The van der Waals surface area contributed by atoms with Crippen LogP contribution in [0.5, 0.6) is 0 Å². The Labute approximate surface area is 117 Å². The van der Waals surface area contributed by atoms with Gasteiger partial charge in [0.15, 0.2) is 0 Å². The van der Waals surface area contributed by atoms with Crippen LogP contribution in [0.15, 0.2) is 0 Å². The molecule has 0 fully saturated rings. The van der Waals surface area contributed by atoms with Gasteiger partial charge in [0.25, 0.3) is 5.41 Å². The maximum Gasteiger partial charge on any atom is 0.335 e. The molecule has 0 aromatic heterocycles. The lowest BCUT2D eigenvalue weighted by Crippen LogP contribution is -2.49. The molecular formula is C13H19NO6. The molecule has 7 heteroatoms. The van der Waals surface area contributed by atoms with Crippen molar-refractivity contribution < 1.29 is 28.6 Å². The van der Waals surface area contributed by atoms with Crippen LogP contribution in [0.1, 0.15) is 33.6 Å². The standard InChI is InChI=1S/C13H19NO6/c1-4-18-10(15)13(8-7-9-14,11(16)19-5-2)12(17)20-6-3/h4-8H2,1-3H3. The molecule has 0 radical (unpaired) electrons. The number of carbonyl (C=O) groups is 3. The van der Waals surface area contributed by atoms with Crippen molar-refractivity contribution in [2.24, 2.45) is 5.41 Å². The van der Waals surface area contributed by atoms with Crippen LogP contribution >= 0.6 is 0 Å². The Morgan fingerprint density at radius 3 is 1.50 bits per heavy atom. The van der Waals surface area contributed by atoms with Crippen molar-refractivity contribution in [2.75, 3.05) is 19.8 Å². The van der Waals surface area contributed by atoms with Crippen LogP contribution in [0.4, 0.5) is 0 Å². The van der Waals surface area contributed by atoms with Crippen molar-refractivity contribution in [3.05, 3.63) is 0 Å². The van der Waals surface area contributed by atoms with Crippen LogP contribution in [0.25, 0.3) is 0 Å². The minimum atomic E-state index is -2.22. The average molecular weight is 285 g/mol. The summed E-state index contributed by atoms with van der Waals surface area (Å²) in [5.41, 5.74) is -2.22. The fourth-order valence-corrected chi connectivity index (χ4v) is 1.56. The van der Waals surface area contributed by atoms with Gasteiger partial charge in [0.1, 0.15) is 0 Å². The van der Waals surface area contributed by atoms with Gasteiger partial charge in [-0.2, -0.15) is 5.26 Å². The number of hydrogen-bond acceptors (Lipinski definition) is 7. The zero-order valence-corrected chi connectivity index (χ0v) is 11.9. The van der Waals surface area contributed by atoms with E-state index in [-0.39, 0.29) is 32.7 Å². The zero-order chi connectivity index (χ0) is 15.6. The summed E-state index contributed by atoms with van der Waals surface area (Å²) in [4.78, 5) is 36.2. The lowest BCUT2D eigenvalue weighted by Gasteiger charge is -2.26. The minimum Gasteiger partial charge on any atom is -0.465 e. The molecule has 0 unspecified atom stereocenters. The SMILES string of the molecule is CCOC(=O)C(CCC#N)(C(=O)OCC)C(=O)OCC. The molecule has 7 nitrogen and oxygen atoms in total. The molecule has 0 heterocycles. The predicted octanol–water partition coefficient (Wildman–Crippen LogP) is 0.966. The first-order valence-corrected chi connectivity index (χ1v) is 6.39. The second-order valence-electron chi connectivity index (χ2n) is 3.72. The molecule has 0 aromatic carbocycles. The van der Waals surface area contributed by atoms with Crippen LogP contribution in [0.2, 0.25) is 0 Å². The van der Waals surface area contributed by atoms with E-state index in [0.29, 0.717) is 0 Å². The lowest BCUT2D eigenvalue weighted by atomic mass is 9.83. The number of rotatable bonds is 8. The van der Waals surface area contributed by atoms with E-state index >= 15 is 0 Å². The summed E-state index contributed by atoms with van der Waals surface area (Å²) in [7, 11) is 0. The van der Waals surface area contributed by atoms with Crippen molar-refractivity contribution >= 4 is 17.9 Å². The molecule has 0 atom stereocenters. The van der Waals surface area contributed by atoms with E-state index in [0.717, 1.165) is 0 Å². The van der Waals surface area contributed by atoms with E-state index in [4.69, 9.17) is 19.5 Å². The quantitative estimate of drug-likeness (QED) is 0.372. The van der Waals surface area contributed by atoms with Crippen molar-refractivity contribution in [2.45, 2.75) is 33.6 Å². The topological polar surface area (TPSA) is 103 Å². The summed E-state index contributed by atoms with van der Waals surface area (Å²) in [5.74, 6) is -3.15. The highest BCUT2D eigenvalue weighted by atomic mass is 16.6.